The third-order valence-electron chi connectivity index (χ3n) is 2.05. The highest BCUT2D eigenvalue weighted by molar-refractivity contribution is 5.83. The Morgan fingerprint density at radius 1 is 1.33 bits per heavy atom. The van der Waals surface area contributed by atoms with Gasteiger partial charge in [-0.05, 0) is 23.4 Å². The van der Waals surface area contributed by atoms with Gasteiger partial charge in [0.2, 0.25) is 0 Å². The van der Waals surface area contributed by atoms with E-state index in [9.17, 15) is 18.0 Å². The fraction of sp³-hybridized carbons (Fsp3) is 0.100. The molecule has 0 spiro atoms. The summed E-state index contributed by atoms with van der Waals surface area (Å²) in [5, 5.41) is 11.7. The molecular weight excluding hydrogens is 253 g/mol. The molecule has 94 valence electrons. The molecule has 0 bridgehead atoms. The van der Waals surface area contributed by atoms with Crippen molar-refractivity contribution in [2.45, 2.75) is 6.18 Å². The Kier molecular flexibility index (Phi) is 2.77. The summed E-state index contributed by atoms with van der Waals surface area (Å²) in [4.78, 5) is 14.0. The topological polar surface area (TPSA) is 76.2 Å². The van der Waals surface area contributed by atoms with E-state index >= 15 is 0 Å². The number of alkyl halides is 3. The normalized spacial score (nSPS) is 11.5. The van der Waals surface area contributed by atoms with Crippen LogP contribution in [0.15, 0.2) is 28.8 Å². The molecule has 2 rings (SSSR count). The van der Waals surface area contributed by atoms with Gasteiger partial charge in [0.1, 0.15) is 0 Å². The van der Waals surface area contributed by atoms with Gasteiger partial charge in [0.25, 0.3) is 11.7 Å². The highest BCUT2D eigenvalue weighted by atomic mass is 19.4. The number of benzene rings is 1. The molecular formula is C10H5F3N2O3. The minimum absolute atomic E-state index is 0.00447. The van der Waals surface area contributed by atoms with Crippen LogP contribution in [-0.2, 0) is 6.18 Å². The SMILES string of the molecule is O=C(O)c1noc(-c2cccc(C(F)(F)F)c2)n1. The Balaban J connectivity index is 2.41. The number of carboxylic acids is 1. The lowest BCUT2D eigenvalue weighted by Gasteiger charge is -2.06. The summed E-state index contributed by atoms with van der Waals surface area (Å²) in [6.07, 6.45) is -4.49. The van der Waals surface area contributed by atoms with Crippen molar-refractivity contribution in [3.05, 3.63) is 35.7 Å². The van der Waals surface area contributed by atoms with Gasteiger partial charge in [-0.3, -0.25) is 0 Å². The number of hydrogen-bond donors (Lipinski definition) is 1. The first-order valence-electron chi connectivity index (χ1n) is 4.62. The van der Waals surface area contributed by atoms with Crippen LogP contribution in [-0.4, -0.2) is 21.2 Å². The van der Waals surface area contributed by atoms with Crippen LogP contribution in [0, 0.1) is 0 Å². The van der Waals surface area contributed by atoms with Gasteiger partial charge in [0.05, 0.1) is 5.56 Å². The smallest absolute Gasteiger partial charge is 0.416 e. The van der Waals surface area contributed by atoms with E-state index in [4.69, 9.17) is 5.11 Å². The van der Waals surface area contributed by atoms with Gasteiger partial charge in [-0.1, -0.05) is 6.07 Å². The van der Waals surface area contributed by atoms with Crippen LogP contribution in [0.5, 0.6) is 0 Å². The minimum Gasteiger partial charge on any atom is -0.475 e. The molecule has 0 aliphatic rings. The molecule has 0 amide bonds. The molecule has 1 heterocycles. The van der Waals surface area contributed by atoms with E-state index in [0.717, 1.165) is 12.1 Å². The van der Waals surface area contributed by atoms with Crippen LogP contribution in [0.3, 0.4) is 0 Å². The summed E-state index contributed by atoms with van der Waals surface area (Å²) in [7, 11) is 0. The summed E-state index contributed by atoms with van der Waals surface area (Å²) in [5.41, 5.74) is -0.875. The van der Waals surface area contributed by atoms with Crippen molar-refractivity contribution in [2.75, 3.05) is 0 Å². The van der Waals surface area contributed by atoms with E-state index in [1.165, 1.54) is 12.1 Å². The molecule has 8 heteroatoms. The monoisotopic (exact) mass is 258 g/mol. The van der Waals surface area contributed by atoms with Crippen molar-refractivity contribution in [3.8, 4) is 11.5 Å². The Bertz CT molecular complexity index is 592. The average Bonchev–Trinajstić information content (AvgIpc) is 2.77. The number of halogens is 3. The zero-order chi connectivity index (χ0) is 13.3. The number of rotatable bonds is 2. The van der Waals surface area contributed by atoms with Gasteiger partial charge >= 0.3 is 12.1 Å². The number of hydrogen-bond acceptors (Lipinski definition) is 4. The summed E-state index contributed by atoms with van der Waals surface area (Å²) in [5.74, 6) is -2.31. The molecule has 18 heavy (non-hydrogen) atoms. The van der Waals surface area contributed by atoms with Crippen molar-refractivity contribution in [1.82, 2.24) is 10.1 Å². The Labute approximate surface area is 97.9 Å². The zero-order valence-electron chi connectivity index (χ0n) is 8.60. The van der Waals surface area contributed by atoms with E-state index in [1.54, 1.807) is 0 Å². The van der Waals surface area contributed by atoms with Gasteiger partial charge in [-0.25, -0.2) is 4.79 Å². The molecule has 1 aromatic heterocycles. The maximum absolute atomic E-state index is 12.5. The summed E-state index contributed by atoms with van der Waals surface area (Å²) < 4.78 is 41.9. The number of carbonyl (C=O) groups is 1. The van der Waals surface area contributed by atoms with Crippen molar-refractivity contribution in [2.24, 2.45) is 0 Å². The largest absolute Gasteiger partial charge is 0.475 e. The summed E-state index contributed by atoms with van der Waals surface area (Å²) in [6.45, 7) is 0. The van der Waals surface area contributed by atoms with Crippen LogP contribution in [0.1, 0.15) is 16.2 Å². The number of aromatic nitrogens is 2. The van der Waals surface area contributed by atoms with Crippen LogP contribution in [0.2, 0.25) is 0 Å². The summed E-state index contributed by atoms with van der Waals surface area (Å²) >= 11 is 0. The maximum Gasteiger partial charge on any atom is 0.416 e. The highest BCUT2D eigenvalue weighted by Crippen LogP contribution is 2.31. The van der Waals surface area contributed by atoms with Gasteiger partial charge in [0.15, 0.2) is 0 Å². The Hall–Kier alpha value is -2.38. The molecule has 2 aromatic rings. The first kappa shape index (κ1) is 12.1. The molecule has 0 radical (unpaired) electrons. The van der Waals surface area contributed by atoms with Crippen molar-refractivity contribution in [1.29, 1.82) is 0 Å². The third-order valence-corrected chi connectivity index (χ3v) is 2.05. The Morgan fingerprint density at radius 2 is 2.06 bits per heavy atom. The number of aromatic carboxylic acids is 1. The van der Waals surface area contributed by atoms with Gasteiger partial charge in [-0.15, -0.1) is 0 Å². The quantitative estimate of drug-likeness (QED) is 0.895. The van der Waals surface area contributed by atoms with E-state index in [1.807, 2.05) is 0 Å². The van der Waals surface area contributed by atoms with Gasteiger partial charge in [-0.2, -0.15) is 18.2 Å². The second-order valence-corrected chi connectivity index (χ2v) is 3.31. The maximum atomic E-state index is 12.5. The molecule has 0 unspecified atom stereocenters. The van der Waals surface area contributed by atoms with Crippen molar-refractivity contribution in [3.63, 3.8) is 0 Å². The van der Waals surface area contributed by atoms with E-state index < -0.39 is 23.5 Å². The molecule has 0 atom stereocenters. The minimum atomic E-state index is -4.49. The third kappa shape index (κ3) is 2.31. The molecule has 1 aromatic carbocycles. The molecule has 0 aliphatic heterocycles. The molecule has 0 fully saturated rings. The predicted molar refractivity (Wildman–Crippen MR) is 51.7 cm³/mol. The first-order valence-corrected chi connectivity index (χ1v) is 4.62. The fourth-order valence-corrected chi connectivity index (χ4v) is 1.26. The van der Waals surface area contributed by atoms with Crippen LogP contribution < -0.4 is 0 Å². The lowest BCUT2D eigenvalue weighted by atomic mass is 10.1. The number of carboxylic acid groups (broad SMARTS) is 1. The lowest BCUT2D eigenvalue weighted by molar-refractivity contribution is -0.137. The predicted octanol–water partition coefficient (Wildman–Crippen LogP) is 2.45. The second-order valence-electron chi connectivity index (χ2n) is 3.31. The van der Waals surface area contributed by atoms with Crippen LogP contribution in [0.4, 0.5) is 13.2 Å². The molecule has 0 aliphatic carbocycles. The molecule has 0 saturated heterocycles. The zero-order valence-corrected chi connectivity index (χ0v) is 8.60. The van der Waals surface area contributed by atoms with E-state index in [0.29, 0.717) is 0 Å². The van der Waals surface area contributed by atoms with Crippen molar-refractivity contribution >= 4 is 5.97 Å². The standard InChI is InChI=1S/C10H5F3N2O3/c11-10(12,13)6-3-1-2-5(4-6)8-14-7(9(16)17)15-18-8/h1-4H,(H,16,17). The fourth-order valence-electron chi connectivity index (χ4n) is 1.26. The van der Waals surface area contributed by atoms with E-state index in [-0.39, 0.29) is 11.5 Å². The van der Waals surface area contributed by atoms with Crippen LogP contribution >= 0.6 is 0 Å². The van der Waals surface area contributed by atoms with Gasteiger partial charge < -0.3 is 9.63 Å². The molecule has 1 N–H and O–H groups in total. The second kappa shape index (κ2) is 4.13. The van der Waals surface area contributed by atoms with E-state index in [2.05, 4.69) is 14.7 Å². The number of nitrogens with zero attached hydrogens (tertiary/aromatic N) is 2. The molecule has 0 saturated carbocycles. The highest BCUT2D eigenvalue weighted by Gasteiger charge is 2.31. The lowest BCUT2D eigenvalue weighted by Crippen LogP contribution is -2.04. The summed E-state index contributed by atoms with van der Waals surface area (Å²) in [6, 6.07) is 4.17. The van der Waals surface area contributed by atoms with Crippen molar-refractivity contribution < 1.29 is 27.6 Å². The van der Waals surface area contributed by atoms with Crippen LogP contribution in [0.25, 0.3) is 11.5 Å². The Morgan fingerprint density at radius 3 is 2.61 bits per heavy atom. The molecule has 5 nitrogen and oxygen atoms in total. The first-order chi connectivity index (χ1) is 8.38. The van der Waals surface area contributed by atoms with Gasteiger partial charge in [0, 0.05) is 5.56 Å². The average molecular weight is 258 g/mol.